The Balaban J connectivity index is 2.18. The summed E-state index contributed by atoms with van der Waals surface area (Å²) in [5.74, 6) is -1.90. The normalized spacial score (nSPS) is 15.3. The van der Waals surface area contributed by atoms with Crippen LogP contribution in [0.3, 0.4) is 0 Å². The van der Waals surface area contributed by atoms with Gasteiger partial charge in [0.15, 0.2) is 0 Å². The van der Waals surface area contributed by atoms with Crippen molar-refractivity contribution in [1.29, 1.82) is 0 Å². The average molecular weight is 383 g/mol. The number of para-hydroxylation sites is 2. The number of anilines is 1. The van der Waals surface area contributed by atoms with Crippen molar-refractivity contribution in [2.24, 2.45) is 0 Å². The number of hydrogen-bond donors (Lipinski definition) is 0. The van der Waals surface area contributed by atoms with Gasteiger partial charge in [0.25, 0.3) is 0 Å². The molecule has 142 valence electrons. The van der Waals surface area contributed by atoms with Crippen LogP contribution >= 0.6 is 0 Å². The van der Waals surface area contributed by atoms with Crippen LogP contribution in [0.4, 0.5) is 10.5 Å². The zero-order valence-electron chi connectivity index (χ0n) is 14.8. The molecule has 0 unspecified atom stereocenters. The summed E-state index contributed by atoms with van der Waals surface area (Å²) in [5, 5.41) is 0. The van der Waals surface area contributed by atoms with Gasteiger partial charge in [-0.1, -0.05) is 12.1 Å². The lowest BCUT2D eigenvalue weighted by atomic mass is 10.2. The third kappa shape index (κ3) is 3.86. The molecule has 0 atom stereocenters. The highest BCUT2D eigenvalue weighted by atomic mass is 32.2. The number of carbonyl (C=O) groups excluding carboxylic acids is 3. The minimum atomic E-state index is -3.45. The Morgan fingerprint density at radius 3 is 2.35 bits per heavy atom. The fourth-order valence-corrected chi connectivity index (χ4v) is 3.28. The van der Waals surface area contributed by atoms with Gasteiger partial charge in [-0.2, -0.15) is 0 Å². The molecular weight excluding hydrogens is 362 g/mol. The molecule has 1 saturated heterocycles. The zero-order valence-corrected chi connectivity index (χ0v) is 15.7. The predicted octanol–water partition coefficient (Wildman–Crippen LogP) is 0.662. The fourth-order valence-electron chi connectivity index (χ4n) is 2.42. The number of imide groups is 2. The largest absolute Gasteiger partial charge is 0.492 e. The number of benzene rings is 1. The van der Waals surface area contributed by atoms with Crippen molar-refractivity contribution in [3.05, 3.63) is 24.3 Å². The van der Waals surface area contributed by atoms with E-state index in [4.69, 9.17) is 4.74 Å². The summed E-state index contributed by atoms with van der Waals surface area (Å²) in [6.07, 6.45) is 0.0339. The van der Waals surface area contributed by atoms with E-state index in [-0.39, 0.29) is 24.4 Å². The summed E-state index contributed by atoms with van der Waals surface area (Å²) in [4.78, 5) is 38.5. The Bertz CT molecular complexity index is 821. The molecule has 1 aliphatic heterocycles. The van der Waals surface area contributed by atoms with Crippen LogP contribution in [-0.4, -0.2) is 68.5 Å². The second-order valence-electron chi connectivity index (χ2n) is 5.73. The molecule has 4 amide bonds. The fraction of sp³-hybridized carbons (Fsp3) is 0.438. The number of urea groups is 1. The molecule has 1 heterocycles. The SMILES string of the molecule is CCOc1ccccc1N1C(=O)C(=O)N(CCCS(=O)(=O)N(C)C)C1=O. The van der Waals surface area contributed by atoms with Crippen molar-refractivity contribution < 1.29 is 27.5 Å². The molecule has 0 aromatic heterocycles. The summed E-state index contributed by atoms with van der Waals surface area (Å²) >= 11 is 0. The van der Waals surface area contributed by atoms with E-state index in [0.717, 1.165) is 14.1 Å². The van der Waals surface area contributed by atoms with Gasteiger partial charge in [0, 0.05) is 20.6 Å². The van der Waals surface area contributed by atoms with Crippen LogP contribution in [0.25, 0.3) is 0 Å². The van der Waals surface area contributed by atoms with Gasteiger partial charge in [-0.05, 0) is 25.5 Å². The molecular formula is C16H21N3O6S. The molecule has 0 bridgehead atoms. The van der Waals surface area contributed by atoms with E-state index in [1.54, 1.807) is 25.1 Å². The number of sulfonamides is 1. The van der Waals surface area contributed by atoms with E-state index in [1.807, 2.05) is 0 Å². The maximum Gasteiger partial charge on any atom is 0.339 e. The number of hydrogen-bond acceptors (Lipinski definition) is 6. The summed E-state index contributed by atoms with van der Waals surface area (Å²) in [6, 6.07) is 5.60. The van der Waals surface area contributed by atoms with Gasteiger partial charge >= 0.3 is 17.8 Å². The summed E-state index contributed by atoms with van der Waals surface area (Å²) in [7, 11) is -0.652. The molecule has 10 heteroatoms. The van der Waals surface area contributed by atoms with Gasteiger partial charge in [-0.3, -0.25) is 14.5 Å². The molecule has 9 nitrogen and oxygen atoms in total. The van der Waals surface area contributed by atoms with Gasteiger partial charge in [-0.15, -0.1) is 0 Å². The molecule has 2 rings (SSSR count). The van der Waals surface area contributed by atoms with Crippen LogP contribution in [0.2, 0.25) is 0 Å². The van der Waals surface area contributed by atoms with E-state index in [9.17, 15) is 22.8 Å². The summed E-state index contributed by atoms with van der Waals surface area (Å²) in [6.45, 7) is 1.92. The van der Waals surface area contributed by atoms with Gasteiger partial charge in [-0.25, -0.2) is 22.4 Å². The van der Waals surface area contributed by atoms with Crippen molar-refractivity contribution in [3.63, 3.8) is 0 Å². The van der Waals surface area contributed by atoms with E-state index in [0.29, 0.717) is 12.4 Å². The number of nitrogens with zero attached hydrogens (tertiary/aromatic N) is 3. The lowest BCUT2D eigenvalue weighted by Gasteiger charge is -2.18. The first-order chi connectivity index (χ1) is 12.2. The van der Waals surface area contributed by atoms with Gasteiger partial charge in [0.05, 0.1) is 18.0 Å². The number of amides is 4. The highest BCUT2D eigenvalue weighted by Crippen LogP contribution is 2.31. The quantitative estimate of drug-likeness (QED) is 0.482. The Morgan fingerprint density at radius 1 is 1.08 bits per heavy atom. The topological polar surface area (TPSA) is 104 Å². The molecule has 1 aliphatic rings. The Labute approximate surface area is 152 Å². The number of carbonyl (C=O) groups is 3. The maximum atomic E-state index is 12.6. The van der Waals surface area contributed by atoms with Gasteiger partial charge < -0.3 is 4.74 Å². The van der Waals surface area contributed by atoms with Crippen LogP contribution < -0.4 is 9.64 Å². The molecule has 0 saturated carbocycles. The van der Waals surface area contributed by atoms with Gasteiger partial charge in [0.2, 0.25) is 10.0 Å². The van der Waals surface area contributed by atoms with E-state index in [2.05, 4.69) is 0 Å². The molecule has 1 aromatic rings. The van der Waals surface area contributed by atoms with Crippen LogP contribution in [0.1, 0.15) is 13.3 Å². The second-order valence-corrected chi connectivity index (χ2v) is 8.03. The Kier molecular flexibility index (Phi) is 5.98. The van der Waals surface area contributed by atoms with E-state index >= 15 is 0 Å². The van der Waals surface area contributed by atoms with E-state index in [1.165, 1.54) is 20.2 Å². The first-order valence-corrected chi connectivity index (χ1v) is 9.63. The highest BCUT2D eigenvalue weighted by Gasteiger charge is 2.46. The first kappa shape index (κ1) is 19.9. The van der Waals surface area contributed by atoms with Crippen molar-refractivity contribution >= 4 is 33.6 Å². The van der Waals surface area contributed by atoms with Crippen LogP contribution in [0, 0.1) is 0 Å². The monoisotopic (exact) mass is 383 g/mol. The first-order valence-electron chi connectivity index (χ1n) is 8.02. The lowest BCUT2D eigenvalue weighted by Crippen LogP contribution is -2.35. The van der Waals surface area contributed by atoms with Crippen LogP contribution in [0.15, 0.2) is 24.3 Å². The van der Waals surface area contributed by atoms with Crippen molar-refractivity contribution in [2.75, 3.05) is 37.9 Å². The molecule has 26 heavy (non-hydrogen) atoms. The molecule has 0 spiro atoms. The smallest absolute Gasteiger partial charge is 0.339 e. The zero-order chi connectivity index (χ0) is 19.5. The van der Waals surface area contributed by atoms with Crippen molar-refractivity contribution in [3.8, 4) is 5.75 Å². The minimum absolute atomic E-state index is 0.0339. The number of ether oxygens (including phenoxy) is 1. The van der Waals surface area contributed by atoms with E-state index < -0.39 is 27.9 Å². The average Bonchev–Trinajstić information content (AvgIpc) is 2.79. The van der Waals surface area contributed by atoms with Crippen molar-refractivity contribution in [1.82, 2.24) is 9.21 Å². The Hall–Kier alpha value is -2.46. The third-order valence-corrected chi connectivity index (χ3v) is 5.72. The molecule has 0 N–H and O–H groups in total. The summed E-state index contributed by atoms with van der Waals surface area (Å²) in [5.41, 5.74) is 0.182. The highest BCUT2D eigenvalue weighted by molar-refractivity contribution is 7.89. The third-order valence-electron chi connectivity index (χ3n) is 3.80. The molecule has 1 aromatic carbocycles. The lowest BCUT2D eigenvalue weighted by molar-refractivity contribution is -0.139. The van der Waals surface area contributed by atoms with Crippen LogP contribution in [0.5, 0.6) is 5.75 Å². The minimum Gasteiger partial charge on any atom is -0.492 e. The maximum absolute atomic E-state index is 12.6. The standard InChI is InChI=1S/C16H21N3O6S/c1-4-25-13-9-6-5-8-12(13)19-15(21)14(20)18(16(19)22)10-7-11-26(23,24)17(2)3/h5-6,8-9H,4,7,10-11H2,1-3H3. The molecule has 0 aliphatic carbocycles. The number of rotatable bonds is 8. The molecule has 1 fully saturated rings. The molecule has 0 radical (unpaired) electrons. The second kappa shape index (κ2) is 7.83. The van der Waals surface area contributed by atoms with Crippen molar-refractivity contribution in [2.45, 2.75) is 13.3 Å². The predicted molar refractivity (Wildman–Crippen MR) is 94.3 cm³/mol. The van der Waals surface area contributed by atoms with Crippen LogP contribution in [-0.2, 0) is 19.6 Å². The van der Waals surface area contributed by atoms with Gasteiger partial charge in [0.1, 0.15) is 5.75 Å². The summed E-state index contributed by atoms with van der Waals surface area (Å²) < 4.78 is 30.0. The Morgan fingerprint density at radius 2 is 1.73 bits per heavy atom.